The number of aromatic nitrogens is 2. The van der Waals surface area contributed by atoms with Crippen LogP contribution in [0.5, 0.6) is 5.75 Å². The summed E-state index contributed by atoms with van der Waals surface area (Å²) in [5.74, 6) is 2.14. The molecule has 26 heavy (non-hydrogen) atoms. The first-order chi connectivity index (χ1) is 12.6. The minimum atomic E-state index is 0.264. The number of anilines is 1. The number of hydrogen-bond donors (Lipinski definition) is 0. The Labute approximate surface area is 159 Å². The summed E-state index contributed by atoms with van der Waals surface area (Å²) in [4.78, 5) is 21.1. The summed E-state index contributed by atoms with van der Waals surface area (Å²) in [5, 5.41) is 0.264. The van der Waals surface area contributed by atoms with Crippen LogP contribution in [0.2, 0.25) is 5.28 Å². The van der Waals surface area contributed by atoms with Gasteiger partial charge in [0.15, 0.2) is 0 Å². The molecule has 138 valence electrons. The Hall–Kier alpha value is -2.14. The molecule has 1 aliphatic rings. The molecule has 0 unspecified atom stereocenters. The van der Waals surface area contributed by atoms with E-state index in [1.807, 2.05) is 20.0 Å². The molecule has 5 nitrogen and oxygen atoms in total. The Morgan fingerprint density at radius 2 is 2.27 bits per heavy atom. The fourth-order valence-electron chi connectivity index (χ4n) is 3.53. The van der Waals surface area contributed by atoms with Crippen molar-refractivity contribution in [1.29, 1.82) is 0 Å². The SMILES string of the molecule is Cc1cnc(Cl)nc1N(C)CCCOc1ccc2c(c1)CC[C@H]2CC=O. The second-order valence-electron chi connectivity index (χ2n) is 6.77. The van der Waals surface area contributed by atoms with Crippen molar-refractivity contribution >= 4 is 23.7 Å². The third kappa shape index (κ3) is 4.33. The number of carbonyl (C=O) groups excluding carboxylic acids is 1. The molecule has 1 heterocycles. The normalized spacial score (nSPS) is 15.6. The minimum Gasteiger partial charge on any atom is -0.494 e. The highest BCUT2D eigenvalue weighted by molar-refractivity contribution is 6.28. The zero-order valence-electron chi connectivity index (χ0n) is 15.2. The molecule has 1 atom stereocenters. The maximum atomic E-state index is 10.8. The number of aryl methyl sites for hydroxylation is 2. The van der Waals surface area contributed by atoms with Crippen LogP contribution in [0.3, 0.4) is 0 Å². The molecule has 2 aromatic rings. The van der Waals surface area contributed by atoms with Crippen molar-refractivity contribution in [3.63, 3.8) is 0 Å². The van der Waals surface area contributed by atoms with Gasteiger partial charge in [-0.25, -0.2) is 9.97 Å². The third-order valence-electron chi connectivity index (χ3n) is 4.88. The van der Waals surface area contributed by atoms with Crippen LogP contribution in [-0.4, -0.2) is 36.5 Å². The van der Waals surface area contributed by atoms with Gasteiger partial charge in [0.2, 0.25) is 5.28 Å². The average Bonchev–Trinajstić information content (AvgIpc) is 3.03. The van der Waals surface area contributed by atoms with E-state index in [1.165, 1.54) is 11.1 Å². The fourth-order valence-corrected chi connectivity index (χ4v) is 3.66. The molecular formula is C20H24ClN3O2. The van der Waals surface area contributed by atoms with Crippen molar-refractivity contribution in [2.75, 3.05) is 25.1 Å². The van der Waals surface area contributed by atoms with Gasteiger partial charge in [-0.15, -0.1) is 0 Å². The van der Waals surface area contributed by atoms with Gasteiger partial charge in [0, 0.05) is 31.8 Å². The van der Waals surface area contributed by atoms with Gasteiger partial charge in [0.25, 0.3) is 0 Å². The first-order valence-corrected chi connectivity index (χ1v) is 9.36. The summed E-state index contributed by atoms with van der Waals surface area (Å²) in [5.41, 5.74) is 3.62. The maximum absolute atomic E-state index is 10.8. The summed E-state index contributed by atoms with van der Waals surface area (Å²) in [6.07, 6.45) is 6.34. The number of benzene rings is 1. The predicted molar refractivity (Wildman–Crippen MR) is 103 cm³/mol. The molecule has 1 aromatic carbocycles. The molecule has 0 fully saturated rings. The molecule has 0 N–H and O–H groups in total. The van der Waals surface area contributed by atoms with Crippen LogP contribution in [0.4, 0.5) is 5.82 Å². The molecule has 0 aliphatic heterocycles. The van der Waals surface area contributed by atoms with E-state index < -0.39 is 0 Å². The van der Waals surface area contributed by atoms with Gasteiger partial charge in [-0.05, 0) is 67.0 Å². The van der Waals surface area contributed by atoms with E-state index in [-0.39, 0.29) is 5.28 Å². The Morgan fingerprint density at radius 1 is 1.42 bits per heavy atom. The molecule has 0 saturated carbocycles. The van der Waals surface area contributed by atoms with Crippen LogP contribution < -0.4 is 9.64 Å². The Morgan fingerprint density at radius 3 is 3.08 bits per heavy atom. The van der Waals surface area contributed by atoms with Crippen LogP contribution in [0.15, 0.2) is 24.4 Å². The highest BCUT2D eigenvalue weighted by Gasteiger charge is 2.22. The standard InChI is InChI=1S/C20H24ClN3O2/c1-14-13-22-20(21)23-19(14)24(2)9-3-11-26-17-6-7-18-15(8-10-25)4-5-16(18)12-17/h6-7,10,12-13,15H,3-5,8-9,11H2,1-2H3/t15-/m0/s1. The number of ether oxygens (including phenoxy) is 1. The first-order valence-electron chi connectivity index (χ1n) is 8.98. The van der Waals surface area contributed by atoms with Crippen LogP contribution in [-0.2, 0) is 11.2 Å². The van der Waals surface area contributed by atoms with E-state index >= 15 is 0 Å². The second kappa shape index (κ2) is 8.49. The van der Waals surface area contributed by atoms with Crippen molar-refractivity contribution in [3.8, 4) is 5.75 Å². The number of rotatable bonds is 8. The average molecular weight is 374 g/mol. The summed E-state index contributed by atoms with van der Waals surface area (Å²) >= 11 is 5.89. The predicted octanol–water partition coefficient (Wildman–Crippen LogP) is 3.96. The first kappa shape index (κ1) is 18.6. The van der Waals surface area contributed by atoms with Gasteiger partial charge in [0.05, 0.1) is 6.61 Å². The van der Waals surface area contributed by atoms with E-state index in [0.29, 0.717) is 18.9 Å². The largest absolute Gasteiger partial charge is 0.494 e. The van der Waals surface area contributed by atoms with Gasteiger partial charge in [-0.3, -0.25) is 0 Å². The molecule has 6 heteroatoms. The van der Waals surface area contributed by atoms with Crippen molar-refractivity contribution in [1.82, 2.24) is 9.97 Å². The maximum Gasteiger partial charge on any atom is 0.224 e. The van der Waals surface area contributed by atoms with Crippen LogP contribution >= 0.6 is 11.6 Å². The molecule has 0 amide bonds. The summed E-state index contributed by atoms with van der Waals surface area (Å²) < 4.78 is 5.91. The molecule has 0 bridgehead atoms. The number of nitrogens with zero attached hydrogens (tertiary/aromatic N) is 3. The third-order valence-corrected chi connectivity index (χ3v) is 5.06. The second-order valence-corrected chi connectivity index (χ2v) is 7.11. The van der Waals surface area contributed by atoms with Gasteiger partial charge in [0.1, 0.15) is 17.9 Å². The zero-order chi connectivity index (χ0) is 18.5. The van der Waals surface area contributed by atoms with E-state index in [4.69, 9.17) is 16.3 Å². The van der Waals surface area contributed by atoms with Crippen molar-refractivity contribution in [2.45, 2.75) is 38.5 Å². The Balaban J connectivity index is 1.50. The lowest BCUT2D eigenvalue weighted by atomic mass is 9.99. The number of halogens is 1. The lowest BCUT2D eigenvalue weighted by molar-refractivity contribution is -0.108. The van der Waals surface area contributed by atoms with Crippen LogP contribution in [0.1, 0.15) is 41.9 Å². The van der Waals surface area contributed by atoms with Crippen molar-refractivity contribution in [3.05, 3.63) is 46.4 Å². The van der Waals surface area contributed by atoms with Crippen LogP contribution in [0, 0.1) is 6.92 Å². The van der Waals surface area contributed by atoms with E-state index in [1.54, 1.807) is 6.20 Å². The van der Waals surface area contributed by atoms with E-state index in [9.17, 15) is 4.79 Å². The molecule has 0 saturated heterocycles. The highest BCUT2D eigenvalue weighted by atomic mass is 35.5. The van der Waals surface area contributed by atoms with Crippen molar-refractivity contribution in [2.24, 2.45) is 0 Å². The minimum absolute atomic E-state index is 0.264. The molecule has 1 aliphatic carbocycles. The molecule has 0 spiro atoms. The monoisotopic (exact) mass is 373 g/mol. The van der Waals surface area contributed by atoms with E-state index in [0.717, 1.165) is 49.2 Å². The number of aldehydes is 1. The van der Waals surface area contributed by atoms with Gasteiger partial charge in [-0.1, -0.05) is 6.07 Å². The lowest BCUT2D eigenvalue weighted by Gasteiger charge is -2.20. The summed E-state index contributed by atoms with van der Waals surface area (Å²) in [6, 6.07) is 6.25. The molecule has 3 rings (SSSR count). The molecule has 0 radical (unpaired) electrons. The summed E-state index contributed by atoms with van der Waals surface area (Å²) in [7, 11) is 1.99. The van der Waals surface area contributed by atoms with Gasteiger partial charge < -0.3 is 14.4 Å². The highest BCUT2D eigenvalue weighted by Crippen LogP contribution is 2.36. The van der Waals surface area contributed by atoms with Crippen molar-refractivity contribution < 1.29 is 9.53 Å². The number of fused-ring (bicyclic) bond motifs is 1. The fraction of sp³-hybridized carbons (Fsp3) is 0.450. The number of hydrogen-bond acceptors (Lipinski definition) is 5. The van der Waals surface area contributed by atoms with Gasteiger partial charge >= 0.3 is 0 Å². The number of carbonyl (C=O) groups is 1. The lowest BCUT2D eigenvalue weighted by Crippen LogP contribution is -2.22. The van der Waals surface area contributed by atoms with Crippen LogP contribution in [0.25, 0.3) is 0 Å². The quantitative estimate of drug-likeness (QED) is 0.398. The molecule has 1 aromatic heterocycles. The van der Waals surface area contributed by atoms with Gasteiger partial charge in [-0.2, -0.15) is 0 Å². The summed E-state index contributed by atoms with van der Waals surface area (Å²) in [6.45, 7) is 3.43. The Kier molecular flexibility index (Phi) is 6.09. The Bertz CT molecular complexity index is 782. The smallest absolute Gasteiger partial charge is 0.224 e. The van der Waals surface area contributed by atoms with E-state index in [2.05, 4.69) is 27.0 Å². The topological polar surface area (TPSA) is 55.3 Å². The zero-order valence-corrected chi connectivity index (χ0v) is 16.0. The molecular weight excluding hydrogens is 350 g/mol.